The van der Waals surface area contributed by atoms with Crippen molar-refractivity contribution in [2.45, 2.75) is 89.3 Å². The summed E-state index contributed by atoms with van der Waals surface area (Å²) in [5.74, 6) is 0.972. The van der Waals surface area contributed by atoms with Crippen LogP contribution in [0.5, 0.6) is 0 Å². The maximum atomic E-state index is 3.93. The smallest absolute Gasteiger partial charge is 0.0309 e. The highest BCUT2D eigenvalue weighted by Gasteiger charge is 2.42. The molecule has 1 atom stereocenters. The summed E-state index contributed by atoms with van der Waals surface area (Å²) in [5, 5.41) is 3.93. The van der Waals surface area contributed by atoms with Crippen LogP contribution in [0.3, 0.4) is 0 Å². The zero-order valence-electron chi connectivity index (χ0n) is 13.0. The number of rotatable bonds is 2. The summed E-state index contributed by atoms with van der Waals surface area (Å²) < 4.78 is 0. The molecule has 3 fully saturated rings. The van der Waals surface area contributed by atoms with Crippen molar-refractivity contribution < 1.29 is 0 Å². The predicted molar refractivity (Wildman–Crippen MR) is 81.4 cm³/mol. The molecule has 1 spiro atoms. The van der Waals surface area contributed by atoms with Gasteiger partial charge in [-0.05, 0) is 50.9 Å². The Hall–Kier alpha value is -0.0800. The number of nitrogens with zero attached hydrogens (tertiary/aromatic N) is 1. The number of hydrogen-bond donors (Lipinski definition) is 1. The lowest BCUT2D eigenvalue weighted by molar-refractivity contribution is 0.0216. The average Bonchev–Trinajstić information content (AvgIpc) is 2.88. The lowest BCUT2D eigenvalue weighted by Crippen LogP contribution is -2.65. The van der Waals surface area contributed by atoms with Crippen molar-refractivity contribution in [3.8, 4) is 0 Å². The Kier molecular flexibility index (Phi) is 4.19. The molecule has 0 aromatic carbocycles. The van der Waals surface area contributed by atoms with E-state index in [0.717, 1.165) is 18.0 Å². The van der Waals surface area contributed by atoms with E-state index in [1.54, 1.807) is 0 Å². The van der Waals surface area contributed by atoms with E-state index in [1.807, 2.05) is 0 Å². The van der Waals surface area contributed by atoms with Gasteiger partial charge in [0.15, 0.2) is 0 Å². The van der Waals surface area contributed by atoms with E-state index in [0.29, 0.717) is 5.54 Å². The summed E-state index contributed by atoms with van der Waals surface area (Å²) in [6.07, 6.45) is 12.9. The molecule has 3 rings (SSSR count). The number of nitrogens with one attached hydrogen (secondary N) is 1. The van der Waals surface area contributed by atoms with Gasteiger partial charge in [-0.25, -0.2) is 0 Å². The zero-order chi connectivity index (χ0) is 13.3. The van der Waals surface area contributed by atoms with Crippen LogP contribution in [0.15, 0.2) is 0 Å². The lowest BCUT2D eigenvalue weighted by Gasteiger charge is -2.50. The van der Waals surface area contributed by atoms with Gasteiger partial charge in [-0.2, -0.15) is 0 Å². The third-order valence-corrected chi connectivity index (χ3v) is 6.15. The molecule has 1 unspecified atom stereocenters. The second-order valence-corrected chi connectivity index (χ2v) is 7.52. The van der Waals surface area contributed by atoms with Crippen molar-refractivity contribution in [2.24, 2.45) is 5.92 Å². The molecule has 2 heteroatoms. The molecule has 1 heterocycles. The van der Waals surface area contributed by atoms with Crippen LogP contribution in [-0.4, -0.2) is 35.6 Å². The van der Waals surface area contributed by atoms with Crippen molar-refractivity contribution in [2.75, 3.05) is 13.1 Å². The molecule has 1 N–H and O–H groups in total. The third kappa shape index (κ3) is 2.85. The van der Waals surface area contributed by atoms with Crippen LogP contribution in [0.25, 0.3) is 0 Å². The highest BCUT2D eigenvalue weighted by Crippen LogP contribution is 2.37. The van der Waals surface area contributed by atoms with Crippen LogP contribution in [-0.2, 0) is 0 Å². The van der Waals surface area contributed by atoms with Gasteiger partial charge in [0.1, 0.15) is 0 Å². The number of piperazine rings is 1. The summed E-state index contributed by atoms with van der Waals surface area (Å²) >= 11 is 0. The molecule has 2 saturated carbocycles. The van der Waals surface area contributed by atoms with Gasteiger partial charge in [0.05, 0.1) is 0 Å². The van der Waals surface area contributed by atoms with E-state index in [2.05, 4.69) is 24.1 Å². The zero-order valence-corrected chi connectivity index (χ0v) is 13.0. The Morgan fingerprint density at radius 2 is 1.79 bits per heavy atom. The van der Waals surface area contributed by atoms with Crippen LogP contribution >= 0.6 is 0 Å². The van der Waals surface area contributed by atoms with Crippen LogP contribution < -0.4 is 5.32 Å². The van der Waals surface area contributed by atoms with Crippen LogP contribution in [0, 0.1) is 5.92 Å². The molecule has 19 heavy (non-hydrogen) atoms. The summed E-state index contributed by atoms with van der Waals surface area (Å²) in [7, 11) is 0. The molecule has 0 aromatic heterocycles. The first-order chi connectivity index (χ1) is 9.22. The summed E-state index contributed by atoms with van der Waals surface area (Å²) in [6.45, 7) is 7.38. The normalized spacial score (nSPS) is 39.8. The molecular formula is C17H32N2. The van der Waals surface area contributed by atoms with Gasteiger partial charge in [0, 0.05) is 30.7 Å². The fourth-order valence-corrected chi connectivity index (χ4v) is 4.75. The number of hydrogen-bond acceptors (Lipinski definition) is 2. The maximum absolute atomic E-state index is 3.93. The minimum absolute atomic E-state index is 0.495. The predicted octanol–water partition coefficient (Wildman–Crippen LogP) is 3.56. The van der Waals surface area contributed by atoms with Gasteiger partial charge >= 0.3 is 0 Å². The van der Waals surface area contributed by atoms with E-state index in [9.17, 15) is 0 Å². The highest BCUT2D eigenvalue weighted by atomic mass is 15.3. The highest BCUT2D eigenvalue weighted by molar-refractivity contribution is 5.02. The first-order valence-corrected chi connectivity index (χ1v) is 8.73. The Labute approximate surface area is 119 Å². The second-order valence-electron chi connectivity index (χ2n) is 7.52. The molecule has 1 aliphatic heterocycles. The molecular weight excluding hydrogens is 232 g/mol. The molecule has 110 valence electrons. The molecule has 2 nitrogen and oxygen atoms in total. The minimum atomic E-state index is 0.495. The van der Waals surface area contributed by atoms with E-state index in [1.165, 1.54) is 70.9 Å². The van der Waals surface area contributed by atoms with Crippen molar-refractivity contribution >= 4 is 0 Å². The maximum Gasteiger partial charge on any atom is 0.0309 e. The third-order valence-electron chi connectivity index (χ3n) is 6.15. The van der Waals surface area contributed by atoms with Crippen LogP contribution in [0.2, 0.25) is 0 Å². The van der Waals surface area contributed by atoms with Gasteiger partial charge in [0.25, 0.3) is 0 Å². The summed E-state index contributed by atoms with van der Waals surface area (Å²) in [4.78, 5) is 2.92. The van der Waals surface area contributed by atoms with E-state index in [4.69, 9.17) is 0 Å². The molecule has 3 aliphatic rings. The largest absolute Gasteiger partial charge is 0.308 e. The monoisotopic (exact) mass is 264 g/mol. The molecule has 0 bridgehead atoms. The van der Waals surface area contributed by atoms with Gasteiger partial charge in [-0.15, -0.1) is 0 Å². The van der Waals surface area contributed by atoms with Gasteiger partial charge in [-0.1, -0.05) is 26.7 Å². The SMILES string of the molecule is CCC1CNC2(CCCC2)CN1C1CCC(C)CC1. The van der Waals surface area contributed by atoms with Gasteiger partial charge in [0.2, 0.25) is 0 Å². The first kappa shape index (κ1) is 13.9. The lowest BCUT2D eigenvalue weighted by atomic mass is 9.83. The van der Waals surface area contributed by atoms with Crippen LogP contribution in [0.1, 0.15) is 71.6 Å². The fourth-order valence-electron chi connectivity index (χ4n) is 4.75. The first-order valence-electron chi connectivity index (χ1n) is 8.73. The van der Waals surface area contributed by atoms with Crippen molar-refractivity contribution in [3.05, 3.63) is 0 Å². The second kappa shape index (κ2) is 5.73. The molecule has 2 aliphatic carbocycles. The minimum Gasteiger partial charge on any atom is -0.308 e. The molecule has 1 saturated heterocycles. The van der Waals surface area contributed by atoms with E-state index in [-0.39, 0.29) is 0 Å². The standard InChI is InChI=1S/C17H32N2/c1-3-15-12-18-17(10-4-5-11-17)13-19(15)16-8-6-14(2)7-9-16/h14-16,18H,3-13H2,1-2H3. The Morgan fingerprint density at radius 1 is 1.11 bits per heavy atom. The molecule has 0 amide bonds. The fraction of sp³-hybridized carbons (Fsp3) is 1.00. The Bertz CT molecular complexity index is 288. The van der Waals surface area contributed by atoms with Crippen LogP contribution in [0.4, 0.5) is 0 Å². The summed E-state index contributed by atoms with van der Waals surface area (Å²) in [5.41, 5.74) is 0.495. The topological polar surface area (TPSA) is 15.3 Å². The quantitative estimate of drug-likeness (QED) is 0.820. The van der Waals surface area contributed by atoms with Gasteiger partial charge < -0.3 is 5.32 Å². The Balaban J connectivity index is 1.68. The van der Waals surface area contributed by atoms with Crippen molar-refractivity contribution in [3.63, 3.8) is 0 Å². The summed E-state index contributed by atoms with van der Waals surface area (Å²) in [6, 6.07) is 1.69. The van der Waals surface area contributed by atoms with Crippen molar-refractivity contribution in [1.29, 1.82) is 0 Å². The molecule has 0 radical (unpaired) electrons. The van der Waals surface area contributed by atoms with Crippen molar-refractivity contribution in [1.82, 2.24) is 10.2 Å². The molecule has 0 aromatic rings. The van der Waals surface area contributed by atoms with Gasteiger partial charge in [-0.3, -0.25) is 4.90 Å². The Morgan fingerprint density at radius 3 is 2.42 bits per heavy atom. The average molecular weight is 264 g/mol. The van der Waals surface area contributed by atoms with E-state index >= 15 is 0 Å². The van der Waals surface area contributed by atoms with E-state index < -0.39 is 0 Å².